The van der Waals surface area contributed by atoms with E-state index in [0.717, 1.165) is 5.56 Å². The van der Waals surface area contributed by atoms with Crippen molar-refractivity contribution in [2.24, 2.45) is 0 Å². The molecule has 164 valence electrons. The van der Waals surface area contributed by atoms with E-state index in [4.69, 9.17) is 9.47 Å². The van der Waals surface area contributed by atoms with Gasteiger partial charge in [0.25, 0.3) is 5.91 Å². The Morgan fingerprint density at radius 1 is 0.935 bits per heavy atom. The zero-order chi connectivity index (χ0) is 22.8. The number of aromatic nitrogens is 2. The van der Waals surface area contributed by atoms with Crippen LogP contribution in [-0.2, 0) is 19.7 Å². The van der Waals surface area contributed by atoms with E-state index in [9.17, 15) is 14.4 Å². The molecule has 2 aromatic carbocycles. The third-order valence-corrected chi connectivity index (χ3v) is 4.81. The lowest BCUT2D eigenvalue weighted by molar-refractivity contribution is -0.159. The summed E-state index contributed by atoms with van der Waals surface area (Å²) >= 11 is 0. The number of hydrogen-bond acceptors (Lipinski definition) is 5. The smallest absolute Gasteiger partial charge is 0.347 e. The third-order valence-electron chi connectivity index (χ3n) is 4.81. The Morgan fingerprint density at radius 2 is 1.58 bits per heavy atom. The van der Waals surface area contributed by atoms with Crippen LogP contribution in [0.25, 0.3) is 11.0 Å². The molecule has 3 aromatic rings. The van der Waals surface area contributed by atoms with E-state index >= 15 is 0 Å². The van der Waals surface area contributed by atoms with Crippen molar-refractivity contribution in [1.82, 2.24) is 9.97 Å². The molecule has 8 nitrogen and oxygen atoms in total. The van der Waals surface area contributed by atoms with E-state index < -0.39 is 24.1 Å². The number of nitrogens with one attached hydrogen (secondary N) is 3. The third kappa shape index (κ3) is 5.53. The number of anilines is 1. The van der Waals surface area contributed by atoms with Crippen molar-refractivity contribution in [2.75, 3.05) is 5.32 Å². The van der Waals surface area contributed by atoms with Crippen molar-refractivity contribution in [3.05, 3.63) is 58.5 Å². The average Bonchev–Trinajstić information content (AvgIpc) is 3.06. The summed E-state index contributed by atoms with van der Waals surface area (Å²) in [4.78, 5) is 41.3. The van der Waals surface area contributed by atoms with Crippen LogP contribution in [0.5, 0.6) is 5.75 Å². The number of ether oxygens (including phenoxy) is 2. The highest BCUT2D eigenvalue weighted by Gasteiger charge is 2.24. The van der Waals surface area contributed by atoms with Gasteiger partial charge in [0.1, 0.15) is 5.75 Å². The Bertz CT molecular complexity index is 1140. The molecular formula is C23H27N3O5. The van der Waals surface area contributed by atoms with Gasteiger partial charge in [-0.25, -0.2) is 9.59 Å². The molecular weight excluding hydrogens is 398 g/mol. The summed E-state index contributed by atoms with van der Waals surface area (Å²) in [5, 5.41) is 2.66. The molecule has 1 aromatic heterocycles. The predicted octanol–water partition coefficient (Wildman–Crippen LogP) is 3.49. The summed E-state index contributed by atoms with van der Waals surface area (Å²) in [6, 6.07) is 12.5. The van der Waals surface area contributed by atoms with Crippen molar-refractivity contribution in [3.63, 3.8) is 0 Å². The molecule has 3 rings (SSSR count). The number of carbonyl (C=O) groups is 2. The lowest BCUT2D eigenvalue weighted by Gasteiger charge is -2.20. The molecule has 0 aliphatic carbocycles. The van der Waals surface area contributed by atoms with Gasteiger partial charge in [0.05, 0.1) is 11.0 Å². The van der Waals surface area contributed by atoms with Gasteiger partial charge in [-0.2, -0.15) is 0 Å². The highest BCUT2D eigenvalue weighted by atomic mass is 16.6. The number of benzene rings is 2. The van der Waals surface area contributed by atoms with Gasteiger partial charge in [-0.15, -0.1) is 0 Å². The van der Waals surface area contributed by atoms with Crippen LogP contribution in [0.4, 0.5) is 5.69 Å². The summed E-state index contributed by atoms with van der Waals surface area (Å²) in [5.41, 5.74) is 2.51. The molecule has 1 heterocycles. The Morgan fingerprint density at radius 3 is 2.23 bits per heavy atom. The summed E-state index contributed by atoms with van der Waals surface area (Å²) in [7, 11) is 0. The van der Waals surface area contributed by atoms with Crippen LogP contribution in [-0.4, -0.2) is 34.1 Å². The second-order valence-electron chi connectivity index (χ2n) is 8.44. The van der Waals surface area contributed by atoms with Crippen molar-refractivity contribution < 1.29 is 19.1 Å². The Labute approximate surface area is 180 Å². The number of fused-ring (bicyclic) bond motifs is 1. The van der Waals surface area contributed by atoms with E-state index in [-0.39, 0.29) is 11.1 Å². The van der Waals surface area contributed by atoms with Crippen LogP contribution >= 0.6 is 0 Å². The van der Waals surface area contributed by atoms with Crippen molar-refractivity contribution in [1.29, 1.82) is 0 Å². The van der Waals surface area contributed by atoms with Crippen LogP contribution in [0.1, 0.15) is 40.2 Å². The van der Waals surface area contributed by atoms with Crippen LogP contribution < -0.4 is 15.7 Å². The van der Waals surface area contributed by atoms with Gasteiger partial charge in [0.2, 0.25) is 0 Å². The molecule has 1 amide bonds. The molecule has 0 aliphatic rings. The van der Waals surface area contributed by atoms with E-state index in [1.807, 2.05) is 24.3 Å². The molecule has 0 spiro atoms. The van der Waals surface area contributed by atoms with Gasteiger partial charge in [0.15, 0.2) is 12.2 Å². The van der Waals surface area contributed by atoms with Gasteiger partial charge in [-0.1, -0.05) is 32.9 Å². The predicted molar refractivity (Wildman–Crippen MR) is 118 cm³/mol. The molecule has 2 atom stereocenters. The number of hydrogen-bond donors (Lipinski definition) is 3. The Hall–Kier alpha value is -3.55. The number of H-pyrrole nitrogens is 2. The fraction of sp³-hybridized carbons (Fsp3) is 0.348. The first-order valence-corrected chi connectivity index (χ1v) is 10.0. The van der Waals surface area contributed by atoms with Crippen LogP contribution in [0.15, 0.2) is 47.3 Å². The molecule has 8 heteroatoms. The van der Waals surface area contributed by atoms with Gasteiger partial charge < -0.3 is 24.8 Å². The minimum atomic E-state index is -1.03. The van der Waals surface area contributed by atoms with E-state index in [1.54, 1.807) is 25.1 Å². The van der Waals surface area contributed by atoms with Crippen molar-refractivity contribution in [3.8, 4) is 5.75 Å². The highest BCUT2D eigenvalue weighted by molar-refractivity contribution is 5.96. The van der Waals surface area contributed by atoms with Gasteiger partial charge >= 0.3 is 11.7 Å². The standard InChI is InChI=1S/C23H27N3O5/c1-13(20(27)24-16-8-11-18-19(12-16)26-22(29)25-18)31-21(28)14(2)30-17-9-6-15(7-10-17)23(3,4)5/h6-14H,1-5H3,(H,24,27)(H2,25,26,29)/t13-,14+/m0/s1. The topological polar surface area (TPSA) is 113 Å². The number of aromatic amines is 2. The molecule has 3 N–H and O–H groups in total. The largest absolute Gasteiger partial charge is 0.479 e. The lowest BCUT2D eigenvalue weighted by atomic mass is 9.87. The zero-order valence-electron chi connectivity index (χ0n) is 18.2. The molecule has 0 saturated carbocycles. The molecule has 0 radical (unpaired) electrons. The SMILES string of the molecule is C[C@H](OC(=O)[C@@H](C)Oc1ccc(C(C)(C)C)cc1)C(=O)Nc1ccc2[nH]c(=O)[nH]c2c1. The van der Waals surface area contributed by atoms with Crippen LogP contribution in [0.2, 0.25) is 0 Å². The van der Waals surface area contributed by atoms with E-state index in [1.165, 1.54) is 6.92 Å². The second kappa shape index (κ2) is 8.67. The number of carbonyl (C=O) groups excluding carboxylic acids is 2. The summed E-state index contributed by atoms with van der Waals surface area (Å²) in [6.45, 7) is 9.40. The number of imidazole rings is 1. The number of esters is 1. The maximum Gasteiger partial charge on any atom is 0.347 e. The van der Waals surface area contributed by atoms with Gasteiger partial charge in [-0.3, -0.25) is 4.79 Å². The monoisotopic (exact) mass is 425 g/mol. The number of amides is 1. The molecule has 0 aliphatic heterocycles. The first-order valence-electron chi connectivity index (χ1n) is 10.0. The number of rotatable bonds is 6. The van der Waals surface area contributed by atoms with E-state index in [2.05, 4.69) is 36.1 Å². The quantitative estimate of drug-likeness (QED) is 0.523. The van der Waals surface area contributed by atoms with Crippen molar-refractivity contribution in [2.45, 2.75) is 52.2 Å². The fourth-order valence-corrected chi connectivity index (χ4v) is 2.96. The van der Waals surface area contributed by atoms with Gasteiger partial charge in [-0.05, 0) is 55.2 Å². The molecule has 0 fully saturated rings. The van der Waals surface area contributed by atoms with Crippen LogP contribution in [0, 0.1) is 0 Å². The first kappa shape index (κ1) is 22.1. The first-order chi connectivity index (χ1) is 14.5. The van der Waals surface area contributed by atoms with Gasteiger partial charge in [0, 0.05) is 5.69 Å². The minimum Gasteiger partial charge on any atom is -0.479 e. The summed E-state index contributed by atoms with van der Waals surface area (Å²) in [5.74, 6) is -0.594. The highest BCUT2D eigenvalue weighted by Crippen LogP contribution is 2.24. The molecule has 0 saturated heterocycles. The fourth-order valence-electron chi connectivity index (χ4n) is 2.96. The zero-order valence-corrected chi connectivity index (χ0v) is 18.2. The molecule has 31 heavy (non-hydrogen) atoms. The normalized spacial score (nSPS) is 13.5. The van der Waals surface area contributed by atoms with Crippen LogP contribution in [0.3, 0.4) is 0 Å². The maximum atomic E-state index is 12.4. The maximum absolute atomic E-state index is 12.4. The van der Waals surface area contributed by atoms with Crippen molar-refractivity contribution >= 4 is 28.6 Å². The summed E-state index contributed by atoms with van der Waals surface area (Å²) in [6.07, 6.45) is -1.90. The average molecular weight is 425 g/mol. The minimum absolute atomic E-state index is 0.0206. The van der Waals surface area contributed by atoms with E-state index in [0.29, 0.717) is 22.5 Å². The molecule has 0 bridgehead atoms. The Balaban J connectivity index is 1.55. The second-order valence-corrected chi connectivity index (χ2v) is 8.44. The lowest BCUT2D eigenvalue weighted by Crippen LogP contribution is -2.35. The summed E-state index contributed by atoms with van der Waals surface area (Å²) < 4.78 is 10.9. The molecule has 0 unspecified atom stereocenters. The Kier molecular flexibility index (Phi) is 6.19.